The molecular weight excluding hydrogens is 891 g/mol. The second-order valence-corrected chi connectivity index (χ2v) is 13.8. The lowest BCUT2D eigenvalue weighted by atomic mass is 10.0. The van der Waals surface area contributed by atoms with Crippen molar-refractivity contribution in [3.05, 3.63) is 0 Å². The van der Waals surface area contributed by atoms with E-state index in [0.29, 0.717) is 0 Å². The molecule has 3 amide bonds. The first kappa shape index (κ1) is 39.0. The number of alkyl halides is 3. The van der Waals surface area contributed by atoms with E-state index >= 15 is 0 Å². The number of rotatable bonds is 6. The number of hydrogen-bond acceptors (Lipinski definition) is 9. The van der Waals surface area contributed by atoms with Gasteiger partial charge < -0.3 is 28.9 Å². The van der Waals surface area contributed by atoms with Gasteiger partial charge in [0.1, 0.15) is 18.1 Å². The van der Waals surface area contributed by atoms with Crippen LogP contribution in [0.3, 0.4) is 0 Å². The van der Waals surface area contributed by atoms with Crippen LogP contribution in [0.15, 0.2) is 0 Å². The molecule has 1 fully saturated rings. The summed E-state index contributed by atoms with van der Waals surface area (Å²) in [4.78, 5) is 84.4. The number of halogens is 3. The van der Waals surface area contributed by atoms with Gasteiger partial charge in [-0.2, -0.15) is 0 Å². The van der Waals surface area contributed by atoms with Crippen molar-refractivity contribution in [3.8, 4) is 0 Å². The quantitative estimate of drug-likeness (QED) is 0.170. The van der Waals surface area contributed by atoms with Gasteiger partial charge in [0.05, 0.1) is 0 Å². The van der Waals surface area contributed by atoms with E-state index in [2.05, 4.69) is 0 Å². The van der Waals surface area contributed by atoms with Crippen molar-refractivity contribution >= 4 is 103 Å². The second kappa shape index (κ2) is 17.5. The van der Waals surface area contributed by atoms with Crippen LogP contribution in [-0.2, 0) is 43.0 Å². The molecule has 1 rings (SSSR count). The molecule has 0 aromatic rings. The van der Waals surface area contributed by atoms with E-state index in [1.165, 1.54) is 35.8 Å². The van der Waals surface area contributed by atoms with Gasteiger partial charge in [-0.05, 0) is 17.8 Å². The summed E-state index contributed by atoms with van der Waals surface area (Å²) >= 11 is 5.73. The highest BCUT2D eigenvalue weighted by atomic mass is 127. The summed E-state index contributed by atoms with van der Waals surface area (Å²) in [6.45, 7) is 10.4. The molecule has 0 aromatic carbocycles. The third-order valence-corrected chi connectivity index (χ3v) is 9.34. The van der Waals surface area contributed by atoms with Crippen molar-refractivity contribution < 1.29 is 43.0 Å². The Morgan fingerprint density at radius 1 is 0.500 bits per heavy atom. The lowest BCUT2D eigenvalue weighted by molar-refractivity contribution is -0.176. The molecule has 15 heteroatoms. The first-order chi connectivity index (χ1) is 19.5. The Morgan fingerprint density at radius 3 is 0.833 bits per heavy atom. The number of carbonyl (C=O) groups excluding carboxylic acids is 6. The van der Waals surface area contributed by atoms with Crippen LogP contribution >= 0.6 is 67.8 Å². The molecule has 6 atom stereocenters. The van der Waals surface area contributed by atoms with Gasteiger partial charge >= 0.3 is 17.9 Å². The SMILES string of the molecule is CC(C)[C@@H]1C(=O)O[C@@H](CI)C(=O)N(C)[C@H](C(C)C)C(=O)O[C@@H](CI)C(=O)N(C)[C@H](C(C)C)C(=O)O[C@@H](CI)C(=O)N1C. The second-order valence-electron chi connectivity index (χ2n) is 11.2. The maximum absolute atomic E-state index is 13.5. The van der Waals surface area contributed by atoms with Crippen LogP contribution in [0.5, 0.6) is 0 Å². The fourth-order valence-electron chi connectivity index (χ4n) is 4.80. The van der Waals surface area contributed by atoms with Gasteiger partial charge in [-0.15, -0.1) is 0 Å². The molecule has 0 radical (unpaired) electrons. The fourth-order valence-corrected chi connectivity index (χ4v) is 6.47. The normalized spacial score (nSPS) is 28.2. The maximum Gasteiger partial charge on any atom is 0.329 e. The molecule has 0 spiro atoms. The van der Waals surface area contributed by atoms with Gasteiger partial charge in [-0.3, -0.25) is 14.4 Å². The van der Waals surface area contributed by atoms with E-state index in [4.69, 9.17) is 14.2 Å². The zero-order valence-corrected chi connectivity index (χ0v) is 31.9. The van der Waals surface area contributed by atoms with E-state index in [-0.39, 0.29) is 13.3 Å². The summed E-state index contributed by atoms with van der Waals surface area (Å²) in [5.74, 6) is -5.53. The van der Waals surface area contributed by atoms with Crippen LogP contribution in [0, 0.1) is 17.8 Å². The summed E-state index contributed by atoms with van der Waals surface area (Å²) in [5.41, 5.74) is 0. The number of nitrogens with zero attached hydrogens (tertiary/aromatic N) is 3. The van der Waals surface area contributed by atoms with Gasteiger partial charge in [0, 0.05) is 34.4 Å². The molecule has 1 aliphatic rings. The monoisotopic (exact) mass is 933 g/mol. The molecule has 0 aliphatic carbocycles. The summed E-state index contributed by atoms with van der Waals surface area (Å²) in [6.07, 6.45) is -3.75. The van der Waals surface area contributed by atoms with E-state index in [1.54, 1.807) is 41.5 Å². The Bertz CT molecular complexity index is 887. The Balaban J connectivity index is 3.77. The molecule has 1 heterocycles. The average molecular weight is 933 g/mol. The highest BCUT2D eigenvalue weighted by Gasteiger charge is 2.43. The van der Waals surface area contributed by atoms with Crippen LogP contribution in [-0.4, -0.2) is 121 Å². The topological polar surface area (TPSA) is 140 Å². The van der Waals surface area contributed by atoms with E-state index in [0.717, 1.165) is 0 Å². The minimum atomic E-state index is -1.25. The molecule has 240 valence electrons. The van der Waals surface area contributed by atoms with Gasteiger partial charge in [0.2, 0.25) is 0 Å². The molecule has 42 heavy (non-hydrogen) atoms. The molecule has 0 saturated carbocycles. The summed E-state index contributed by atoms with van der Waals surface area (Å²) < 4.78 is 17.2. The van der Waals surface area contributed by atoms with E-state index in [1.807, 2.05) is 67.8 Å². The molecule has 0 aromatic heterocycles. The lowest BCUT2D eigenvalue weighted by Crippen LogP contribution is -2.57. The Labute approximate surface area is 289 Å². The molecular formula is C27H42I3N3O9. The standard InChI is InChI=1S/C27H42I3N3O9/c1-13(2)19-25(37)40-17(11-29)23(35)32(8)21(15(5)6)27(39)42-18(12-30)24(36)33(9)20(14(3)4)26(38)41-16(10-28)22(34)31(19)7/h13-21H,10-12H2,1-9H3/t16-,17-,18-,19+,20+,21+/m0/s1. The molecule has 1 saturated heterocycles. The number of likely N-dealkylation sites (N-methyl/N-ethyl adjacent to an activating group) is 3. The average Bonchev–Trinajstić information content (AvgIpc) is 2.90. The van der Waals surface area contributed by atoms with Crippen molar-refractivity contribution in [2.75, 3.05) is 34.4 Å². The van der Waals surface area contributed by atoms with Crippen LogP contribution in [0.2, 0.25) is 0 Å². The predicted molar refractivity (Wildman–Crippen MR) is 180 cm³/mol. The molecule has 0 N–H and O–H groups in total. The first-order valence-electron chi connectivity index (χ1n) is 13.6. The Morgan fingerprint density at radius 2 is 0.690 bits per heavy atom. The first-order valence-corrected chi connectivity index (χ1v) is 18.1. The largest absolute Gasteiger partial charge is 0.450 e. The molecule has 0 bridgehead atoms. The third kappa shape index (κ3) is 9.50. The van der Waals surface area contributed by atoms with Crippen molar-refractivity contribution in [3.63, 3.8) is 0 Å². The summed E-state index contributed by atoms with van der Waals surface area (Å²) in [6, 6.07) is -3.28. The maximum atomic E-state index is 13.5. The minimum Gasteiger partial charge on any atom is -0.450 e. The summed E-state index contributed by atoms with van der Waals surface area (Å²) in [7, 11) is 4.24. The Kier molecular flexibility index (Phi) is 16.3. The fraction of sp³-hybridized carbons (Fsp3) is 0.778. The number of hydrogen-bond donors (Lipinski definition) is 0. The number of carbonyl (C=O) groups is 6. The predicted octanol–water partition coefficient (Wildman–Crippen LogP) is 2.49. The van der Waals surface area contributed by atoms with Crippen molar-refractivity contribution in [2.45, 2.75) is 78.0 Å². The lowest BCUT2D eigenvalue weighted by Gasteiger charge is -2.36. The summed E-state index contributed by atoms with van der Waals surface area (Å²) in [5, 5.41) is 0. The van der Waals surface area contributed by atoms with E-state index in [9.17, 15) is 28.8 Å². The number of ether oxygens (including phenoxy) is 3. The zero-order chi connectivity index (χ0) is 32.6. The van der Waals surface area contributed by atoms with Gasteiger partial charge in [-0.25, -0.2) is 14.4 Å². The highest BCUT2D eigenvalue weighted by Crippen LogP contribution is 2.22. The zero-order valence-electron chi connectivity index (χ0n) is 25.5. The number of esters is 3. The van der Waals surface area contributed by atoms with Gasteiger partial charge in [0.25, 0.3) is 17.7 Å². The van der Waals surface area contributed by atoms with Crippen molar-refractivity contribution in [1.29, 1.82) is 0 Å². The van der Waals surface area contributed by atoms with E-state index < -0.39 is 89.8 Å². The Hall–Kier alpha value is -0.990. The van der Waals surface area contributed by atoms with Crippen molar-refractivity contribution in [1.82, 2.24) is 14.7 Å². The third-order valence-electron chi connectivity index (χ3n) is 6.94. The number of amides is 3. The van der Waals surface area contributed by atoms with Crippen LogP contribution < -0.4 is 0 Å². The molecule has 1 aliphatic heterocycles. The minimum absolute atomic E-state index is 0.0826. The van der Waals surface area contributed by atoms with Gasteiger partial charge in [0.15, 0.2) is 18.3 Å². The van der Waals surface area contributed by atoms with Gasteiger partial charge in [-0.1, -0.05) is 109 Å². The number of cyclic esters (lactones) is 3. The molecule has 0 unspecified atom stereocenters. The smallest absolute Gasteiger partial charge is 0.329 e. The van der Waals surface area contributed by atoms with Crippen LogP contribution in [0.4, 0.5) is 0 Å². The van der Waals surface area contributed by atoms with Crippen molar-refractivity contribution in [2.24, 2.45) is 17.8 Å². The van der Waals surface area contributed by atoms with Crippen LogP contribution in [0.25, 0.3) is 0 Å². The van der Waals surface area contributed by atoms with Crippen LogP contribution in [0.1, 0.15) is 41.5 Å². The highest BCUT2D eigenvalue weighted by molar-refractivity contribution is 14.1. The molecule has 12 nitrogen and oxygen atoms in total.